The fourth-order valence-electron chi connectivity index (χ4n) is 0.381. The van der Waals surface area contributed by atoms with Gasteiger partial charge in [-0.25, -0.2) is 0 Å². The maximum absolute atomic E-state index is 8.45. The highest BCUT2D eigenvalue weighted by Crippen LogP contribution is 1.86. The van der Waals surface area contributed by atoms with Crippen molar-refractivity contribution in [2.45, 2.75) is 6.10 Å². The molecule has 1 N–H and O–H groups in total. The van der Waals surface area contributed by atoms with Gasteiger partial charge in [0.05, 0.1) is 13.2 Å². The van der Waals surface area contributed by atoms with Gasteiger partial charge < -0.3 is 19.3 Å². The third-order valence-corrected chi connectivity index (χ3v) is 0.890. The monoisotopic (exact) mass is 166 g/mol. The Morgan fingerprint density at radius 2 is 1.64 bits per heavy atom. The quantitative estimate of drug-likeness (QED) is 0.633. The zero-order valence-corrected chi connectivity index (χ0v) is 7.66. The van der Waals surface area contributed by atoms with E-state index in [0.717, 1.165) is 0 Å². The molecule has 0 aromatic heterocycles. The van der Waals surface area contributed by atoms with Crippen molar-refractivity contribution in [2.75, 3.05) is 41.7 Å². The van der Waals surface area contributed by atoms with Crippen molar-refractivity contribution in [1.29, 1.82) is 0 Å². The van der Waals surface area contributed by atoms with Gasteiger partial charge in [-0.05, 0) is 0 Å². The highest BCUT2D eigenvalue weighted by molar-refractivity contribution is 4.49. The van der Waals surface area contributed by atoms with E-state index in [1.54, 1.807) is 28.4 Å². The lowest BCUT2D eigenvalue weighted by atomic mass is 10.4. The van der Waals surface area contributed by atoms with Crippen LogP contribution in [0.25, 0.3) is 0 Å². The molecule has 0 saturated heterocycles. The molecule has 0 aromatic carbocycles. The number of methoxy groups -OCH3 is 3. The van der Waals surface area contributed by atoms with Crippen LogP contribution in [0, 0.1) is 0 Å². The average Bonchev–Trinajstić information content (AvgIpc) is 2.02. The lowest BCUT2D eigenvalue weighted by molar-refractivity contribution is -0.00534. The molecular weight excluding hydrogens is 148 g/mol. The van der Waals surface area contributed by atoms with Crippen molar-refractivity contribution in [2.24, 2.45) is 0 Å². The van der Waals surface area contributed by atoms with E-state index in [4.69, 9.17) is 14.6 Å². The smallest absolute Gasteiger partial charge is 0.103 e. The van der Waals surface area contributed by atoms with Gasteiger partial charge in [-0.3, -0.25) is 0 Å². The van der Waals surface area contributed by atoms with Gasteiger partial charge in [-0.15, -0.1) is 0 Å². The third-order valence-electron chi connectivity index (χ3n) is 0.890. The number of aliphatic hydroxyl groups is 1. The molecule has 0 spiro atoms. The summed E-state index contributed by atoms with van der Waals surface area (Å²) >= 11 is 0. The second kappa shape index (κ2) is 12.5. The number of hydrogen-bond donors (Lipinski definition) is 1. The van der Waals surface area contributed by atoms with Crippen molar-refractivity contribution in [3.05, 3.63) is 0 Å². The molecule has 0 aliphatic rings. The van der Waals surface area contributed by atoms with E-state index in [-0.39, 0.29) is 12.7 Å². The molecule has 0 saturated carbocycles. The van der Waals surface area contributed by atoms with E-state index >= 15 is 0 Å². The summed E-state index contributed by atoms with van der Waals surface area (Å²) in [6.07, 6.45) is -0.167. The minimum Gasteiger partial charge on any atom is -0.394 e. The predicted molar refractivity (Wildman–Crippen MR) is 42.7 cm³/mol. The Bertz CT molecular complexity index is 54.4. The van der Waals surface area contributed by atoms with Crippen LogP contribution in [0.5, 0.6) is 0 Å². The van der Waals surface area contributed by atoms with Crippen LogP contribution in [0.2, 0.25) is 0 Å². The predicted octanol–water partition coefficient (Wildman–Crippen LogP) is -0.0973. The van der Waals surface area contributed by atoms with E-state index in [1.807, 2.05) is 0 Å². The molecule has 0 rings (SSSR count). The molecular formula is C7H18O4. The molecule has 0 fully saturated rings. The Balaban J connectivity index is 0. The first kappa shape index (κ1) is 13.4. The summed E-state index contributed by atoms with van der Waals surface area (Å²) in [5.41, 5.74) is 0. The molecule has 1 atom stereocenters. The molecule has 70 valence electrons. The molecule has 4 nitrogen and oxygen atoms in total. The van der Waals surface area contributed by atoms with E-state index in [1.165, 1.54) is 0 Å². The molecule has 0 amide bonds. The van der Waals surface area contributed by atoms with Gasteiger partial charge in [-0.2, -0.15) is 0 Å². The standard InChI is InChI=1S/C5H12O3.C2H6O/c1-7-4-5(3-6)8-2;1-3-2/h5-6H,3-4H2,1-2H3;1-2H3. The van der Waals surface area contributed by atoms with Crippen LogP contribution in [-0.2, 0) is 14.2 Å². The van der Waals surface area contributed by atoms with Crippen LogP contribution >= 0.6 is 0 Å². The molecule has 0 aliphatic carbocycles. The van der Waals surface area contributed by atoms with Crippen LogP contribution in [0.4, 0.5) is 0 Å². The SMILES string of the molecule is COC.COCC(CO)OC. The average molecular weight is 166 g/mol. The maximum atomic E-state index is 8.45. The fourth-order valence-corrected chi connectivity index (χ4v) is 0.381. The van der Waals surface area contributed by atoms with Gasteiger partial charge in [0, 0.05) is 28.4 Å². The minimum absolute atomic E-state index is 0.0182. The van der Waals surface area contributed by atoms with Crippen molar-refractivity contribution < 1.29 is 19.3 Å². The molecule has 1 unspecified atom stereocenters. The fraction of sp³-hybridized carbons (Fsp3) is 1.00. The Labute approximate surface area is 68.1 Å². The largest absolute Gasteiger partial charge is 0.394 e. The van der Waals surface area contributed by atoms with E-state index < -0.39 is 0 Å². The number of ether oxygens (including phenoxy) is 3. The summed E-state index contributed by atoms with van der Waals surface area (Å²) in [5, 5.41) is 8.45. The molecule has 0 aliphatic heterocycles. The van der Waals surface area contributed by atoms with E-state index in [0.29, 0.717) is 6.61 Å². The zero-order valence-electron chi connectivity index (χ0n) is 7.66. The van der Waals surface area contributed by atoms with Crippen molar-refractivity contribution >= 4 is 0 Å². The van der Waals surface area contributed by atoms with Gasteiger partial charge >= 0.3 is 0 Å². The summed E-state index contributed by atoms with van der Waals surface area (Å²) in [4.78, 5) is 0. The van der Waals surface area contributed by atoms with Crippen molar-refractivity contribution in [3.8, 4) is 0 Å². The van der Waals surface area contributed by atoms with Gasteiger partial charge in [0.1, 0.15) is 6.10 Å². The zero-order chi connectivity index (χ0) is 9.11. The van der Waals surface area contributed by atoms with Crippen LogP contribution in [0.1, 0.15) is 0 Å². The van der Waals surface area contributed by atoms with Crippen molar-refractivity contribution in [1.82, 2.24) is 0 Å². The van der Waals surface area contributed by atoms with E-state index in [9.17, 15) is 0 Å². The second-order valence-electron chi connectivity index (χ2n) is 1.90. The summed E-state index contributed by atoms with van der Waals surface area (Å²) in [6, 6.07) is 0. The highest BCUT2D eigenvalue weighted by Gasteiger charge is 2.01. The van der Waals surface area contributed by atoms with Gasteiger partial charge in [0.25, 0.3) is 0 Å². The third kappa shape index (κ3) is 12.9. The van der Waals surface area contributed by atoms with Crippen LogP contribution in [-0.4, -0.2) is 52.9 Å². The lowest BCUT2D eigenvalue weighted by Crippen LogP contribution is -2.21. The highest BCUT2D eigenvalue weighted by atomic mass is 16.5. The molecule has 0 bridgehead atoms. The Hall–Kier alpha value is -0.160. The van der Waals surface area contributed by atoms with Gasteiger partial charge in [0.15, 0.2) is 0 Å². The molecule has 0 heterocycles. The first-order valence-electron chi connectivity index (χ1n) is 3.29. The summed E-state index contributed by atoms with van der Waals surface area (Å²) < 4.78 is 13.7. The maximum Gasteiger partial charge on any atom is 0.103 e. The Morgan fingerprint density at radius 1 is 1.18 bits per heavy atom. The minimum atomic E-state index is -0.167. The topological polar surface area (TPSA) is 47.9 Å². The number of rotatable bonds is 4. The van der Waals surface area contributed by atoms with Crippen molar-refractivity contribution in [3.63, 3.8) is 0 Å². The second-order valence-corrected chi connectivity index (χ2v) is 1.90. The Kier molecular flexibility index (Phi) is 15.3. The summed E-state index contributed by atoms with van der Waals surface area (Å²) in [7, 11) is 6.36. The van der Waals surface area contributed by atoms with Gasteiger partial charge in [-0.1, -0.05) is 0 Å². The normalized spacial score (nSPS) is 11.7. The molecule has 0 radical (unpaired) electrons. The summed E-state index contributed by atoms with van der Waals surface area (Å²) in [5.74, 6) is 0. The summed E-state index contributed by atoms with van der Waals surface area (Å²) in [6.45, 7) is 0.470. The van der Waals surface area contributed by atoms with Crippen LogP contribution in [0.15, 0.2) is 0 Å². The Morgan fingerprint density at radius 3 is 1.73 bits per heavy atom. The first-order chi connectivity index (χ1) is 5.26. The molecule has 0 aromatic rings. The number of aliphatic hydroxyl groups excluding tert-OH is 1. The van der Waals surface area contributed by atoms with E-state index in [2.05, 4.69) is 4.74 Å². The van der Waals surface area contributed by atoms with Crippen LogP contribution in [0.3, 0.4) is 0 Å². The lowest BCUT2D eigenvalue weighted by Gasteiger charge is -2.08. The molecule has 4 heteroatoms. The van der Waals surface area contributed by atoms with Gasteiger partial charge in [0.2, 0.25) is 0 Å². The molecule has 11 heavy (non-hydrogen) atoms. The number of hydrogen-bond acceptors (Lipinski definition) is 4. The first-order valence-corrected chi connectivity index (χ1v) is 3.29. The van der Waals surface area contributed by atoms with Crippen LogP contribution < -0.4 is 0 Å².